The molecule has 0 aliphatic rings. The number of nitrogens with one attached hydrogen (secondary N) is 1. The molecule has 0 amide bonds. The maximum Gasteiger partial charge on any atom is 0.183 e. The van der Waals surface area contributed by atoms with Crippen LogP contribution in [0, 0.1) is 6.92 Å². The SMILES string of the molecule is C=C(Nc1ccc(N)cc1C)OCC. The molecule has 0 spiro atoms. The summed E-state index contributed by atoms with van der Waals surface area (Å²) in [7, 11) is 0. The summed E-state index contributed by atoms with van der Waals surface area (Å²) >= 11 is 0. The van der Waals surface area contributed by atoms with Gasteiger partial charge in [-0.05, 0) is 44.2 Å². The number of aryl methyl sites for hydroxylation is 1. The molecular weight excluding hydrogens is 176 g/mol. The Labute approximate surface area is 84.6 Å². The molecule has 0 saturated carbocycles. The highest BCUT2D eigenvalue weighted by atomic mass is 16.5. The standard InChI is InChI=1S/C11H16N2O/c1-4-14-9(3)13-11-6-5-10(12)7-8(11)2/h5-7,13H,3-4,12H2,1-2H3. The van der Waals surface area contributed by atoms with Gasteiger partial charge in [0, 0.05) is 11.4 Å². The first-order chi connectivity index (χ1) is 6.63. The van der Waals surface area contributed by atoms with Crippen LogP contribution < -0.4 is 11.1 Å². The monoisotopic (exact) mass is 192 g/mol. The number of nitrogens with two attached hydrogens (primary N) is 1. The maximum atomic E-state index is 5.64. The van der Waals surface area contributed by atoms with E-state index in [1.54, 1.807) is 0 Å². The zero-order valence-corrected chi connectivity index (χ0v) is 8.63. The summed E-state index contributed by atoms with van der Waals surface area (Å²) in [6.07, 6.45) is 0. The van der Waals surface area contributed by atoms with Crippen LogP contribution in [0.5, 0.6) is 0 Å². The number of benzene rings is 1. The minimum Gasteiger partial charge on any atom is -0.480 e. The highest BCUT2D eigenvalue weighted by Crippen LogP contribution is 2.18. The highest BCUT2D eigenvalue weighted by Gasteiger charge is 1.99. The molecular formula is C11H16N2O. The largest absolute Gasteiger partial charge is 0.480 e. The second kappa shape index (κ2) is 4.56. The Bertz CT molecular complexity index is 334. The van der Waals surface area contributed by atoms with Gasteiger partial charge >= 0.3 is 0 Å². The predicted octanol–water partition coefficient (Wildman–Crippen LogP) is 2.50. The van der Waals surface area contributed by atoms with Crippen LogP contribution in [0.3, 0.4) is 0 Å². The molecule has 0 unspecified atom stereocenters. The van der Waals surface area contributed by atoms with Gasteiger partial charge in [0.05, 0.1) is 6.61 Å². The van der Waals surface area contributed by atoms with E-state index in [9.17, 15) is 0 Å². The van der Waals surface area contributed by atoms with Gasteiger partial charge in [0.1, 0.15) is 0 Å². The molecule has 3 nitrogen and oxygen atoms in total. The molecule has 0 radical (unpaired) electrons. The second-order valence-corrected chi connectivity index (χ2v) is 3.06. The lowest BCUT2D eigenvalue weighted by molar-refractivity contribution is 0.236. The average Bonchev–Trinajstić information content (AvgIpc) is 2.10. The van der Waals surface area contributed by atoms with E-state index in [1.165, 1.54) is 0 Å². The Morgan fingerprint density at radius 1 is 1.57 bits per heavy atom. The van der Waals surface area contributed by atoms with Crippen LogP contribution in [0.1, 0.15) is 12.5 Å². The Morgan fingerprint density at radius 3 is 2.86 bits per heavy atom. The van der Waals surface area contributed by atoms with Crippen molar-refractivity contribution in [3.05, 3.63) is 36.2 Å². The van der Waals surface area contributed by atoms with Crippen LogP contribution >= 0.6 is 0 Å². The normalized spacial score (nSPS) is 9.57. The number of hydrogen-bond donors (Lipinski definition) is 2. The Balaban J connectivity index is 2.72. The molecule has 0 aliphatic carbocycles. The molecule has 0 fully saturated rings. The van der Waals surface area contributed by atoms with Crippen molar-refractivity contribution < 1.29 is 4.74 Å². The van der Waals surface area contributed by atoms with Crippen molar-refractivity contribution in [2.45, 2.75) is 13.8 Å². The van der Waals surface area contributed by atoms with Gasteiger partial charge in [0.25, 0.3) is 0 Å². The molecule has 0 saturated heterocycles. The van der Waals surface area contributed by atoms with Gasteiger partial charge in [-0.15, -0.1) is 0 Å². The Morgan fingerprint density at radius 2 is 2.29 bits per heavy atom. The molecule has 0 bridgehead atoms. The molecule has 0 atom stereocenters. The van der Waals surface area contributed by atoms with E-state index in [-0.39, 0.29) is 0 Å². The maximum absolute atomic E-state index is 5.64. The van der Waals surface area contributed by atoms with Gasteiger partial charge < -0.3 is 15.8 Å². The summed E-state index contributed by atoms with van der Waals surface area (Å²) in [5.74, 6) is 0.556. The lowest BCUT2D eigenvalue weighted by atomic mass is 10.2. The van der Waals surface area contributed by atoms with E-state index in [0.29, 0.717) is 12.5 Å². The number of ether oxygens (including phenoxy) is 1. The minimum atomic E-state index is 0.556. The molecule has 1 aromatic rings. The van der Waals surface area contributed by atoms with Crippen LogP contribution in [0.2, 0.25) is 0 Å². The second-order valence-electron chi connectivity index (χ2n) is 3.06. The Kier molecular flexibility index (Phi) is 3.40. The topological polar surface area (TPSA) is 47.3 Å². The zero-order chi connectivity index (χ0) is 10.6. The van der Waals surface area contributed by atoms with E-state index in [0.717, 1.165) is 16.9 Å². The van der Waals surface area contributed by atoms with E-state index in [4.69, 9.17) is 10.5 Å². The molecule has 76 valence electrons. The van der Waals surface area contributed by atoms with Crippen molar-refractivity contribution in [3.63, 3.8) is 0 Å². The first-order valence-corrected chi connectivity index (χ1v) is 4.58. The first-order valence-electron chi connectivity index (χ1n) is 4.58. The molecule has 1 rings (SSSR count). The third kappa shape index (κ3) is 2.69. The van der Waals surface area contributed by atoms with Crippen molar-refractivity contribution >= 4 is 11.4 Å². The van der Waals surface area contributed by atoms with Gasteiger partial charge in [-0.2, -0.15) is 0 Å². The third-order valence-electron chi connectivity index (χ3n) is 1.84. The van der Waals surface area contributed by atoms with Crippen LogP contribution in [-0.4, -0.2) is 6.61 Å². The van der Waals surface area contributed by atoms with E-state index in [1.807, 2.05) is 32.0 Å². The van der Waals surface area contributed by atoms with Crippen LogP contribution in [0.4, 0.5) is 11.4 Å². The lowest BCUT2D eigenvalue weighted by Gasteiger charge is -2.12. The fourth-order valence-corrected chi connectivity index (χ4v) is 1.19. The molecule has 1 aromatic carbocycles. The summed E-state index contributed by atoms with van der Waals surface area (Å²) in [5.41, 5.74) is 8.44. The van der Waals surface area contributed by atoms with E-state index in [2.05, 4.69) is 11.9 Å². The summed E-state index contributed by atoms with van der Waals surface area (Å²) in [4.78, 5) is 0. The van der Waals surface area contributed by atoms with E-state index >= 15 is 0 Å². The van der Waals surface area contributed by atoms with Gasteiger partial charge in [-0.1, -0.05) is 0 Å². The van der Waals surface area contributed by atoms with Crippen molar-refractivity contribution in [1.29, 1.82) is 0 Å². The van der Waals surface area contributed by atoms with Gasteiger partial charge in [-0.3, -0.25) is 0 Å². The quantitative estimate of drug-likeness (QED) is 0.569. The third-order valence-corrected chi connectivity index (χ3v) is 1.84. The number of nitrogen functional groups attached to an aromatic ring is 1. The molecule has 14 heavy (non-hydrogen) atoms. The Hall–Kier alpha value is -1.64. The average molecular weight is 192 g/mol. The highest BCUT2D eigenvalue weighted by molar-refractivity contribution is 5.59. The van der Waals surface area contributed by atoms with Crippen molar-refractivity contribution in [2.24, 2.45) is 0 Å². The summed E-state index contributed by atoms with van der Waals surface area (Å²) in [5, 5.41) is 3.07. The van der Waals surface area contributed by atoms with Crippen LogP contribution in [-0.2, 0) is 4.74 Å². The molecule has 0 heterocycles. The van der Waals surface area contributed by atoms with Gasteiger partial charge in [0.2, 0.25) is 0 Å². The zero-order valence-electron chi connectivity index (χ0n) is 8.63. The number of rotatable bonds is 4. The summed E-state index contributed by atoms with van der Waals surface area (Å²) in [6.45, 7) is 8.25. The van der Waals surface area contributed by atoms with Gasteiger partial charge in [-0.25, -0.2) is 0 Å². The van der Waals surface area contributed by atoms with Crippen molar-refractivity contribution in [2.75, 3.05) is 17.7 Å². The summed E-state index contributed by atoms with van der Waals surface area (Å²) in [6, 6.07) is 5.66. The first kappa shape index (κ1) is 10.4. The fraction of sp³-hybridized carbons (Fsp3) is 0.273. The molecule has 3 N–H and O–H groups in total. The number of anilines is 2. The predicted molar refractivity (Wildman–Crippen MR) is 60.0 cm³/mol. The van der Waals surface area contributed by atoms with Gasteiger partial charge in [0.15, 0.2) is 5.88 Å². The molecule has 0 aliphatic heterocycles. The fourth-order valence-electron chi connectivity index (χ4n) is 1.19. The van der Waals surface area contributed by atoms with Crippen LogP contribution in [0.25, 0.3) is 0 Å². The number of hydrogen-bond acceptors (Lipinski definition) is 3. The summed E-state index contributed by atoms with van der Waals surface area (Å²) < 4.78 is 5.19. The minimum absolute atomic E-state index is 0.556. The smallest absolute Gasteiger partial charge is 0.183 e. The van der Waals surface area contributed by atoms with Crippen molar-refractivity contribution in [1.82, 2.24) is 0 Å². The molecule has 0 aromatic heterocycles. The van der Waals surface area contributed by atoms with Crippen molar-refractivity contribution in [3.8, 4) is 0 Å². The molecule has 3 heteroatoms. The van der Waals surface area contributed by atoms with E-state index < -0.39 is 0 Å². The lowest BCUT2D eigenvalue weighted by Crippen LogP contribution is -2.03. The van der Waals surface area contributed by atoms with Crippen LogP contribution in [0.15, 0.2) is 30.7 Å².